The van der Waals surface area contributed by atoms with Gasteiger partial charge in [0.1, 0.15) is 17.3 Å². The fraction of sp³-hybridized carbons (Fsp3) is 0.231. The molecule has 0 aliphatic heterocycles. The molecule has 3 rings (SSSR count). The lowest BCUT2D eigenvalue weighted by Gasteiger charge is -2.08. The number of methoxy groups -OCH3 is 1. The highest BCUT2D eigenvalue weighted by Gasteiger charge is 2.13. The Balaban J connectivity index is 1.86. The predicted molar refractivity (Wildman–Crippen MR) is 78.5 cm³/mol. The Morgan fingerprint density at radius 1 is 1.29 bits per heavy atom. The maximum Gasteiger partial charge on any atom is 0.214 e. The van der Waals surface area contributed by atoms with Crippen LogP contribution in [0.3, 0.4) is 0 Å². The van der Waals surface area contributed by atoms with Gasteiger partial charge in [0.2, 0.25) is 5.16 Å². The van der Waals surface area contributed by atoms with Gasteiger partial charge in [-0.2, -0.15) is 4.68 Å². The maximum absolute atomic E-state index is 5.35. The van der Waals surface area contributed by atoms with E-state index in [2.05, 4.69) is 20.5 Å². The Hall–Kier alpha value is -2.35. The summed E-state index contributed by atoms with van der Waals surface area (Å²) in [6, 6.07) is 7.63. The van der Waals surface area contributed by atoms with Crippen molar-refractivity contribution in [3.63, 3.8) is 0 Å². The molecule has 0 radical (unpaired) electrons. The first-order chi connectivity index (χ1) is 10.3. The molecule has 108 valence electrons. The van der Waals surface area contributed by atoms with Crippen molar-refractivity contribution in [2.24, 2.45) is 7.05 Å². The van der Waals surface area contributed by atoms with Crippen LogP contribution in [0, 0.1) is 0 Å². The molecule has 2 heterocycles. The van der Waals surface area contributed by atoms with Crippen molar-refractivity contribution in [3.05, 3.63) is 42.5 Å². The minimum absolute atomic E-state index is 0.693. The number of ether oxygens (including phenoxy) is 1. The third-order valence-electron chi connectivity index (χ3n) is 3.01. The molecular weight excluding hydrogens is 288 g/mol. The van der Waals surface area contributed by atoms with E-state index in [-0.39, 0.29) is 0 Å². The first kappa shape index (κ1) is 13.6. The molecule has 0 atom stereocenters. The average molecular weight is 302 g/mol. The van der Waals surface area contributed by atoms with E-state index in [1.54, 1.807) is 18.0 Å². The Labute approximate surface area is 125 Å². The second-order valence-electron chi connectivity index (χ2n) is 4.29. The number of tetrazole rings is 1. The monoisotopic (exact) mass is 302 g/mol. The number of aryl methyl sites for hydroxylation is 1. The number of imidazole rings is 1. The average Bonchev–Trinajstić information content (AvgIpc) is 3.13. The summed E-state index contributed by atoms with van der Waals surface area (Å²) < 4.78 is 9.00. The van der Waals surface area contributed by atoms with Crippen molar-refractivity contribution in [3.8, 4) is 11.4 Å². The van der Waals surface area contributed by atoms with Crippen molar-refractivity contribution >= 4 is 11.8 Å². The molecule has 0 unspecified atom stereocenters. The highest BCUT2D eigenvalue weighted by Crippen LogP contribution is 2.26. The van der Waals surface area contributed by atoms with Crippen LogP contribution in [0.5, 0.6) is 5.75 Å². The minimum atomic E-state index is 0.693. The molecule has 0 aliphatic carbocycles. The second kappa shape index (κ2) is 5.96. The first-order valence-corrected chi connectivity index (χ1v) is 7.29. The van der Waals surface area contributed by atoms with Crippen LogP contribution in [-0.4, -0.2) is 36.9 Å². The van der Waals surface area contributed by atoms with Crippen LogP contribution in [0.4, 0.5) is 0 Å². The van der Waals surface area contributed by atoms with Crippen molar-refractivity contribution < 1.29 is 4.74 Å². The molecule has 0 fully saturated rings. The molecule has 0 spiro atoms. The standard InChI is InChI=1S/C13H14N6OS/c1-18-8-7-14-12(18)9-21-13-15-16-17-19(13)10-5-3-4-6-11(10)20-2/h3-8H,9H2,1-2H3. The topological polar surface area (TPSA) is 70.7 Å². The van der Waals surface area contributed by atoms with Crippen molar-refractivity contribution in [2.75, 3.05) is 7.11 Å². The molecule has 0 bridgehead atoms. The molecule has 0 saturated heterocycles. The number of hydrogen-bond donors (Lipinski definition) is 0. The fourth-order valence-corrected chi connectivity index (χ4v) is 2.78. The number of aromatic nitrogens is 6. The van der Waals surface area contributed by atoms with Gasteiger partial charge < -0.3 is 9.30 Å². The second-order valence-corrected chi connectivity index (χ2v) is 5.23. The van der Waals surface area contributed by atoms with Crippen LogP contribution >= 0.6 is 11.8 Å². The summed E-state index contributed by atoms with van der Waals surface area (Å²) in [6.07, 6.45) is 3.69. The summed E-state index contributed by atoms with van der Waals surface area (Å²) in [5.41, 5.74) is 0.812. The van der Waals surface area contributed by atoms with Gasteiger partial charge in [-0.25, -0.2) is 4.98 Å². The van der Waals surface area contributed by atoms with E-state index in [9.17, 15) is 0 Å². The lowest BCUT2D eigenvalue weighted by molar-refractivity contribution is 0.410. The number of thioether (sulfide) groups is 1. The molecule has 1 aromatic carbocycles. The molecule has 3 aromatic rings. The zero-order valence-corrected chi connectivity index (χ0v) is 12.5. The van der Waals surface area contributed by atoms with Crippen LogP contribution < -0.4 is 4.74 Å². The Bertz CT molecular complexity index is 738. The van der Waals surface area contributed by atoms with E-state index in [0.717, 1.165) is 17.3 Å². The molecule has 2 aromatic heterocycles. The van der Waals surface area contributed by atoms with Gasteiger partial charge in [0.25, 0.3) is 0 Å². The summed E-state index contributed by atoms with van der Waals surface area (Å²) in [7, 11) is 3.59. The maximum atomic E-state index is 5.35. The van der Waals surface area contributed by atoms with Crippen LogP contribution in [0.25, 0.3) is 5.69 Å². The molecule has 7 nitrogen and oxygen atoms in total. The molecule has 0 saturated carbocycles. The molecule has 0 N–H and O–H groups in total. The van der Waals surface area contributed by atoms with Crippen LogP contribution in [-0.2, 0) is 12.8 Å². The highest BCUT2D eigenvalue weighted by molar-refractivity contribution is 7.98. The quantitative estimate of drug-likeness (QED) is 0.668. The Morgan fingerprint density at radius 3 is 2.90 bits per heavy atom. The smallest absolute Gasteiger partial charge is 0.214 e. The summed E-state index contributed by atoms with van der Waals surface area (Å²) >= 11 is 1.53. The highest BCUT2D eigenvalue weighted by atomic mass is 32.2. The molecule has 21 heavy (non-hydrogen) atoms. The van der Waals surface area contributed by atoms with Crippen LogP contribution in [0.15, 0.2) is 41.8 Å². The van der Waals surface area contributed by atoms with Gasteiger partial charge in [-0.15, -0.1) is 5.10 Å². The summed E-state index contributed by atoms with van der Waals surface area (Å²) in [4.78, 5) is 4.29. The summed E-state index contributed by atoms with van der Waals surface area (Å²) in [5, 5.41) is 12.6. The minimum Gasteiger partial charge on any atom is -0.494 e. The number of rotatable bonds is 5. The van der Waals surface area contributed by atoms with Gasteiger partial charge >= 0.3 is 0 Å². The normalized spacial score (nSPS) is 10.8. The van der Waals surface area contributed by atoms with E-state index in [1.807, 2.05) is 42.1 Å². The van der Waals surface area contributed by atoms with Gasteiger partial charge in [-0.1, -0.05) is 23.9 Å². The lowest BCUT2D eigenvalue weighted by Crippen LogP contribution is -2.02. The number of nitrogens with zero attached hydrogens (tertiary/aromatic N) is 6. The van der Waals surface area contributed by atoms with Gasteiger partial charge in [0.15, 0.2) is 0 Å². The van der Waals surface area contributed by atoms with Crippen molar-refractivity contribution in [1.29, 1.82) is 0 Å². The molecule has 0 aliphatic rings. The number of benzene rings is 1. The zero-order chi connectivity index (χ0) is 14.7. The summed E-state index contributed by atoms with van der Waals surface area (Å²) in [6.45, 7) is 0. The van der Waals surface area contributed by atoms with Gasteiger partial charge in [0.05, 0.1) is 12.9 Å². The summed E-state index contributed by atoms with van der Waals surface area (Å²) in [5.74, 6) is 2.39. The van der Waals surface area contributed by atoms with Gasteiger partial charge in [-0.05, 0) is 22.6 Å². The number of hydrogen-bond acceptors (Lipinski definition) is 6. The van der Waals surface area contributed by atoms with Crippen molar-refractivity contribution in [1.82, 2.24) is 29.8 Å². The third-order valence-corrected chi connectivity index (χ3v) is 3.92. The first-order valence-electron chi connectivity index (χ1n) is 6.30. The molecule has 8 heteroatoms. The number of para-hydroxylation sites is 2. The van der Waals surface area contributed by atoms with Crippen LogP contribution in [0.2, 0.25) is 0 Å². The zero-order valence-electron chi connectivity index (χ0n) is 11.7. The van der Waals surface area contributed by atoms with Crippen molar-refractivity contribution in [2.45, 2.75) is 10.9 Å². The lowest BCUT2D eigenvalue weighted by atomic mass is 10.3. The SMILES string of the molecule is COc1ccccc1-n1nnnc1SCc1nccn1C. The Morgan fingerprint density at radius 2 is 2.14 bits per heavy atom. The largest absolute Gasteiger partial charge is 0.494 e. The predicted octanol–water partition coefficient (Wildman–Crippen LogP) is 1.70. The molecule has 0 amide bonds. The van der Waals surface area contributed by atoms with Gasteiger partial charge in [-0.3, -0.25) is 0 Å². The van der Waals surface area contributed by atoms with Crippen LogP contribution in [0.1, 0.15) is 5.82 Å². The third kappa shape index (κ3) is 2.75. The van der Waals surface area contributed by atoms with E-state index in [4.69, 9.17) is 4.74 Å². The van der Waals surface area contributed by atoms with Gasteiger partial charge in [0, 0.05) is 19.4 Å². The fourth-order valence-electron chi connectivity index (χ4n) is 1.89. The van der Waals surface area contributed by atoms with E-state index >= 15 is 0 Å². The van der Waals surface area contributed by atoms with E-state index < -0.39 is 0 Å². The van der Waals surface area contributed by atoms with E-state index in [0.29, 0.717) is 10.9 Å². The Kier molecular flexibility index (Phi) is 3.87. The van der Waals surface area contributed by atoms with E-state index in [1.165, 1.54) is 11.8 Å². The molecular formula is C13H14N6OS.